The van der Waals surface area contributed by atoms with Crippen LogP contribution in [0.2, 0.25) is 5.02 Å². The summed E-state index contributed by atoms with van der Waals surface area (Å²) < 4.78 is 13.3. The van der Waals surface area contributed by atoms with Gasteiger partial charge in [-0.05, 0) is 63.9 Å². The van der Waals surface area contributed by atoms with E-state index in [0.717, 1.165) is 45.6 Å². The highest BCUT2D eigenvalue weighted by Gasteiger charge is 2.25. The van der Waals surface area contributed by atoms with Crippen LogP contribution in [-0.4, -0.2) is 95.9 Å². The molecular weight excluding hydrogens is 455 g/mol. The normalized spacial score (nSPS) is 21.0. The maximum Gasteiger partial charge on any atom is 0.246 e. The van der Waals surface area contributed by atoms with Gasteiger partial charge in [0, 0.05) is 70.4 Å². The monoisotopic (exact) mass is 492 g/mol. The van der Waals surface area contributed by atoms with Crippen LogP contribution >= 0.6 is 11.6 Å². The number of unbranched alkanes of at least 4 members (excludes halogenated alkanes) is 1. The Morgan fingerprint density at radius 3 is 2.62 bits per heavy atom. The largest absolute Gasteiger partial charge is 0.341 e. The highest BCUT2D eigenvalue weighted by Crippen LogP contribution is 2.17. The molecule has 2 aliphatic heterocycles. The minimum atomic E-state index is -0.487. The van der Waals surface area contributed by atoms with Crippen molar-refractivity contribution in [2.24, 2.45) is 0 Å². The summed E-state index contributed by atoms with van der Waals surface area (Å²) in [6.45, 7) is 13.5. The molecule has 0 radical (unpaired) electrons. The van der Waals surface area contributed by atoms with Crippen molar-refractivity contribution in [2.75, 3.05) is 52.4 Å². The summed E-state index contributed by atoms with van der Waals surface area (Å²) in [6, 6.07) is 5.51. The van der Waals surface area contributed by atoms with E-state index in [9.17, 15) is 14.0 Å². The second-order valence-corrected chi connectivity index (χ2v) is 10.1. The Balaban J connectivity index is 1.40. The zero-order valence-electron chi connectivity index (χ0n) is 20.7. The van der Waals surface area contributed by atoms with E-state index in [-0.39, 0.29) is 16.8 Å². The van der Waals surface area contributed by atoms with E-state index in [1.165, 1.54) is 18.2 Å². The lowest BCUT2D eigenvalue weighted by molar-refractivity contribution is -0.130. The summed E-state index contributed by atoms with van der Waals surface area (Å²) in [5.74, 6) is -0.520. The number of hydrogen-bond acceptors (Lipinski definition) is 4. The first-order valence-electron chi connectivity index (χ1n) is 12.4. The molecule has 2 saturated heterocycles. The van der Waals surface area contributed by atoms with E-state index in [1.807, 2.05) is 4.90 Å². The molecule has 8 heteroatoms. The molecule has 0 spiro atoms. The highest BCUT2D eigenvalue weighted by atomic mass is 35.5. The second kappa shape index (κ2) is 12.7. The Morgan fingerprint density at radius 1 is 1.15 bits per heavy atom. The summed E-state index contributed by atoms with van der Waals surface area (Å²) >= 11 is 5.80. The SMILES string of the molecule is CC(C)N1CCN(CCCCN2CCN(C(=O)/C=C/c3ccc(F)c(Cl)c3)CCC2=O)CC1C. The number of nitrogens with zero attached hydrogens (tertiary/aromatic N) is 4. The van der Waals surface area contributed by atoms with Crippen LogP contribution in [0.5, 0.6) is 0 Å². The molecule has 1 atom stereocenters. The maximum atomic E-state index is 13.3. The van der Waals surface area contributed by atoms with Gasteiger partial charge in [0.1, 0.15) is 5.82 Å². The van der Waals surface area contributed by atoms with Crippen LogP contribution in [0.3, 0.4) is 0 Å². The zero-order valence-corrected chi connectivity index (χ0v) is 21.4. The lowest BCUT2D eigenvalue weighted by Crippen LogP contribution is -2.54. The molecule has 1 aromatic carbocycles. The molecular formula is C26H38ClFN4O2. The number of carbonyl (C=O) groups is 2. The third kappa shape index (κ3) is 7.52. The van der Waals surface area contributed by atoms with E-state index in [1.54, 1.807) is 17.0 Å². The molecule has 2 heterocycles. The van der Waals surface area contributed by atoms with E-state index in [0.29, 0.717) is 43.7 Å². The minimum absolute atomic E-state index is 0.0259. The van der Waals surface area contributed by atoms with Crippen molar-refractivity contribution in [3.05, 3.63) is 40.7 Å². The predicted molar refractivity (Wildman–Crippen MR) is 135 cm³/mol. The van der Waals surface area contributed by atoms with Gasteiger partial charge in [-0.1, -0.05) is 17.7 Å². The smallest absolute Gasteiger partial charge is 0.246 e. The first kappa shape index (κ1) is 26.6. The fourth-order valence-corrected chi connectivity index (χ4v) is 5.06. The maximum absolute atomic E-state index is 13.3. The van der Waals surface area contributed by atoms with Gasteiger partial charge in [-0.25, -0.2) is 4.39 Å². The molecule has 0 aromatic heterocycles. The zero-order chi connectivity index (χ0) is 24.7. The average molecular weight is 493 g/mol. The van der Waals surface area contributed by atoms with Crippen molar-refractivity contribution in [3.8, 4) is 0 Å². The van der Waals surface area contributed by atoms with Gasteiger partial charge in [0.15, 0.2) is 0 Å². The van der Waals surface area contributed by atoms with Gasteiger partial charge in [0.2, 0.25) is 11.8 Å². The summed E-state index contributed by atoms with van der Waals surface area (Å²) in [5.41, 5.74) is 0.660. The van der Waals surface area contributed by atoms with Gasteiger partial charge in [0.25, 0.3) is 0 Å². The van der Waals surface area contributed by atoms with E-state index in [4.69, 9.17) is 11.6 Å². The van der Waals surface area contributed by atoms with Gasteiger partial charge >= 0.3 is 0 Å². The Bertz CT molecular complexity index is 878. The molecule has 1 aromatic rings. The molecule has 3 rings (SSSR count). The molecule has 6 nitrogen and oxygen atoms in total. The van der Waals surface area contributed by atoms with Crippen LogP contribution in [-0.2, 0) is 9.59 Å². The number of benzene rings is 1. The van der Waals surface area contributed by atoms with Gasteiger partial charge in [-0.15, -0.1) is 0 Å². The summed E-state index contributed by atoms with van der Waals surface area (Å²) in [5, 5.41) is 0.0259. The van der Waals surface area contributed by atoms with Crippen LogP contribution < -0.4 is 0 Å². The van der Waals surface area contributed by atoms with Crippen molar-refractivity contribution in [3.63, 3.8) is 0 Å². The molecule has 0 saturated carbocycles. The first-order valence-corrected chi connectivity index (χ1v) is 12.8. The van der Waals surface area contributed by atoms with E-state index in [2.05, 4.69) is 30.6 Å². The van der Waals surface area contributed by atoms with Crippen LogP contribution in [0.15, 0.2) is 24.3 Å². The van der Waals surface area contributed by atoms with Crippen LogP contribution in [0.1, 0.15) is 45.6 Å². The lowest BCUT2D eigenvalue weighted by Gasteiger charge is -2.42. The molecule has 0 bridgehead atoms. The fourth-order valence-electron chi connectivity index (χ4n) is 4.87. The van der Waals surface area contributed by atoms with Crippen LogP contribution in [0, 0.1) is 5.82 Å². The lowest BCUT2D eigenvalue weighted by atomic mass is 10.1. The van der Waals surface area contributed by atoms with Crippen molar-refractivity contribution in [1.29, 1.82) is 0 Å². The molecule has 1 unspecified atom stereocenters. The fraction of sp³-hybridized carbons (Fsp3) is 0.615. The number of halogens is 2. The van der Waals surface area contributed by atoms with E-state index >= 15 is 0 Å². The van der Waals surface area contributed by atoms with Crippen molar-refractivity contribution >= 4 is 29.5 Å². The molecule has 2 aliphatic rings. The second-order valence-electron chi connectivity index (χ2n) is 9.65. The van der Waals surface area contributed by atoms with Gasteiger partial charge in [0.05, 0.1) is 5.02 Å². The Kier molecular flexibility index (Phi) is 9.92. The molecule has 34 heavy (non-hydrogen) atoms. The van der Waals surface area contributed by atoms with Crippen LogP contribution in [0.4, 0.5) is 4.39 Å². The average Bonchev–Trinajstić information content (AvgIpc) is 2.98. The number of hydrogen-bond donors (Lipinski definition) is 0. The third-order valence-corrected chi connectivity index (χ3v) is 7.13. The molecule has 188 valence electrons. The number of amides is 2. The molecule has 2 amide bonds. The topological polar surface area (TPSA) is 47.1 Å². The standard InChI is InChI=1S/C26H38ClFN4O2/c1-20(2)32-17-14-29(19-21(32)3)11-4-5-12-30-15-16-31(13-10-26(30)34)25(33)9-7-22-6-8-24(28)23(27)18-22/h6-9,18,20-21H,4-5,10-17,19H2,1-3H3/b9-7+. The third-order valence-electron chi connectivity index (χ3n) is 6.84. The minimum Gasteiger partial charge on any atom is -0.341 e. The van der Waals surface area contributed by atoms with Crippen molar-refractivity contribution in [2.45, 2.75) is 52.1 Å². The molecule has 2 fully saturated rings. The van der Waals surface area contributed by atoms with Crippen LogP contribution in [0.25, 0.3) is 6.08 Å². The summed E-state index contributed by atoms with van der Waals surface area (Å²) in [6.07, 6.45) is 5.48. The Hall–Kier alpha value is -1.96. The predicted octanol–water partition coefficient (Wildman–Crippen LogP) is 3.75. The molecule has 0 aliphatic carbocycles. The quantitative estimate of drug-likeness (QED) is 0.409. The molecule has 0 N–H and O–H groups in total. The Labute approximate surface area is 208 Å². The Morgan fingerprint density at radius 2 is 1.91 bits per heavy atom. The van der Waals surface area contributed by atoms with E-state index < -0.39 is 5.82 Å². The highest BCUT2D eigenvalue weighted by molar-refractivity contribution is 6.30. The van der Waals surface area contributed by atoms with Gasteiger partial charge < -0.3 is 14.7 Å². The number of piperazine rings is 1. The number of rotatable bonds is 8. The van der Waals surface area contributed by atoms with Gasteiger partial charge in [-0.2, -0.15) is 0 Å². The first-order chi connectivity index (χ1) is 16.2. The number of carbonyl (C=O) groups excluding carboxylic acids is 2. The summed E-state index contributed by atoms with van der Waals surface area (Å²) in [4.78, 5) is 33.9. The van der Waals surface area contributed by atoms with Gasteiger partial charge in [-0.3, -0.25) is 14.5 Å². The van der Waals surface area contributed by atoms with Crippen molar-refractivity contribution in [1.82, 2.24) is 19.6 Å². The summed E-state index contributed by atoms with van der Waals surface area (Å²) in [7, 11) is 0. The van der Waals surface area contributed by atoms with Crippen molar-refractivity contribution < 1.29 is 14.0 Å².